The molecule has 1 N–H and O–H groups in total. The van der Waals surface area contributed by atoms with Crippen molar-refractivity contribution in [3.05, 3.63) is 26.6 Å². The molecule has 1 unspecified atom stereocenters. The molecule has 0 aromatic heterocycles. The fraction of sp³-hybridized carbons (Fsp3) is 0.538. The van der Waals surface area contributed by atoms with Gasteiger partial charge in [-0.2, -0.15) is 11.8 Å². The Morgan fingerprint density at radius 2 is 2.11 bits per heavy atom. The molecule has 0 saturated carbocycles. The van der Waals surface area contributed by atoms with Crippen LogP contribution in [-0.2, 0) is 6.54 Å². The molecule has 0 spiro atoms. The summed E-state index contributed by atoms with van der Waals surface area (Å²) in [6.45, 7) is 4.10. The predicted octanol–water partition coefficient (Wildman–Crippen LogP) is 4.45. The molecule has 0 fully saturated rings. The van der Waals surface area contributed by atoms with Crippen molar-refractivity contribution in [3.8, 4) is 5.75 Å². The molecule has 0 aliphatic carbocycles. The molecule has 0 bridgehead atoms. The van der Waals surface area contributed by atoms with Crippen LogP contribution < -0.4 is 10.1 Å². The number of hydrogen-bond acceptors (Lipinski definition) is 3. The second kappa shape index (κ2) is 8.46. The van der Waals surface area contributed by atoms with Crippen molar-refractivity contribution < 1.29 is 4.74 Å². The molecule has 0 saturated heterocycles. The van der Waals surface area contributed by atoms with Crippen molar-refractivity contribution in [3.63, 3.8) is 0 Å². The van der Waals surface area contributed by atoms with Gasteiger partial charge >= 0.3 is 0 Å². The largest absolute Gasteiger partial charge is 0.495 e. The van der Waals surface area contributed by atoms with Gasteiger partial charge in [0.2, 0.25) is 0 Å². The summed E-state index contributed by atoms with van der Waals surface area (Å²) < 4.78 is 7.46. The van der Waals surface area contributed by atoms with Crippen molar-refractivity contribution in [1.29, 1.82) is 0 Å². The van der Waals surface area contributed by atoms with E-state index >= 15 is 0 Å². The zero-order chi connectivity index (χ0) is 13.5. The highest BCUT2D eigenvalue weighted by molar-refractivity contribution is 9.11. The van der Waals surface area contributed by atoms with E-state index in [-0.39, 0.29) is 0 Å². The quantitative estimate of drug-likeness (QED) is 0.687. The van der Waals surface area contributed by atoms with Crippen molar-refractivity contribution in [2.24, 2.45) is 0 Å². The molecule has 1 aromatic rings. The Labute approximate surface area is 131 Å². The molecular formula is C13H19Br2NOS. The molecule has 0 aliphatic rings. The van der Waals surface area contributed by atoms with E-state index < -0.39 is 0 Å². The van der Waals surface area contributed by atoms with Crippen molar-refractivity contribution >= 4 is 43.6 Å². The smallest absolute Gasteiger partial charge is 0.137 e. The van der Waals surface area contributed by atoms with Crippen LogP contribution in [0.15, 0.2) is 21.1 Å². The molecule has 1 rings (SSSR count). The number of nitrogens with one attached hydrogen (secondary N) is 1. The monoisotopic (exact) mass is 395 g/mol. The number of ether oxygens (including phenoxy) is 1. The Bertz CT molecular complexity index is 387. The first-order valence-corrected chi connectivity index (χ1v) is 8.71. The normalized spacial score (nSPS) is 12.5. The van der Waals surface area contributed by atoms with Crippen LogP contribution in [0.4, 0.5) is 0 Å². The van der Waals surface area contributed by atoms with Gasteiger partial charge in [0.05, 0.1) is 11.6 Å². The maximum Gasteiger partial charge on any atom is 0.137 e. The Kier molecular flexibility index (Phi) is 7.68. The predicted molar refractivity (Wildman–Crippen MR) is 87.7 cm³/mol. The molecule has 0 amide bonds. The van der Waals surface area contributed by atoms with Crippen LogP contribution in [0.2, 0.25) is 0 Å². The van der Waals surface area contributed by atoms with Gasteiger partial charge < -0.3 is 10.1 Å². The molecule has 0 aliphatic heterocycles. The number of thioether (sulfide) groups is 1. The average Bonchev–Trinajstić information content (AvgIpc) is 2.33. The van der Waals surface area contributed by atoms with Gasteiger partial charge in [-0.1, -0.05) is 22.9 Å². The van der Waals surface area contributed by atoms with Gasteiger partial charge in [-0.05, 0) is 47.3 Å². The molecule has 18 heavy (non-hydrogen) atoms. The standard InChI is InChI=1S/C13H19Br2NOS/c1-9(18-3)4-5-16-8-10-6-11(14)7-12(15)13(10)17-2/h6-7,9,16H,4-5,8H2,1-3H3. The minimum absolute atomic E-state index is 0.702. The summed E-state index contributed by atoms with van der Waals surface area (Å²) in [6, 6.07) is 4.09. The van der Waals surface area contributed by atoms with Gasteiger partial charge in [-0.15, -0.1) is 0 Å². The van der Waals surface area contributed by atoms with Crippen molar-refractivity contribution in [2.75, 3.05) is 19.9 Å². The van der Waals surface area contributed by atoms with E-state index in [4.69, 9.17) is 4.74 Å². The summed E-state index contributed by atoms with van der Waals surface area (Å²) in [4.78, 5) is 0. The minimum Gasteiger partial charge on any atom is -0.495 e. The van der Waals surface area contributed by atoms with Crippen molar-refractivity contribution in [2.45, 2.75) is 25.1 Å². The lowest BCUT2D eigenvalue weighted by molar-refractivity contribution is 0.405. The number of benzene rings is 1. The summed E-state index contributed by atoms with van der Waals surface area (Å²) >= 11 is 8.92. The third-order valence-electron chi connectivity index (χ3n) is 2.73. The fourth-order valence-corrected chi connectivity index (χ4v) is 3.45. The van der Waals surface area contributed by atoms with Gasteiger partial charge in [-0.3, -0.25) is 0 Å². The lowest BCUT2D eigenvalue weighted by atomic mass is 10.2. The summed E-state index contributed by atoms with van der Waals surface area (Å²) in [5.41, 5.74) is 1.16. The van der Waals surface area contributed by atoms with Crippen LogP contribution in [0.3, 0.4) is 0 Å². The van der Waals surface area contributed by atoms with Crippen LogP contribution in [0, 0.1) is 0 Å². The average molecular weight is 397 g/mol. The second-order valence-electron chi connectivity index (χ2n) is 4.09. The number of hydrogen-bond donors (Lipinski definition) is 1. The maximum atomic E-state index is 5.42. The van der Waals surface area contributed by atoms with Crippen molar-refractivity contribution in [1.82, 2.24) is 5.32 Å². The Hall–Kier alpha value is 0.290. The van der Waals surface area contributed by atoms with E-state index in [9.17, 15) is 0 Å². The van der Waals surface area contributed by atoms with Gasteiger partial charge in [0.1, 0.15) is 5.75 Å². The van der Waals surface area contributed by atoms with Gasteiger partial charge in [0.15, 0.2) is 0 Å². The van der Waals surface area contributed by atoms with Crippen LogP contribution in [-0.4, -0.2) is 25.2 Å². The summed E-state index contributed by atoms with van der Waals surface area (Å²) in [5, 5.41) is 4.16. The van der Waals surface area contributed by atoms with Crippen LogP contribution >= 0.6 is 43.6 Å². The first-order valence-electron chi connectivity index (χ1n) is 5.84. The van der Waals surface area contributed by atoms with E-state index in [2.05, 4.69) is 56.4 Å². The molecule has 5 heteroatoms. The summed E-state index contributed by atoms with van der Waals surface area (Å²) in [5.74, 6) is 0.906. The molecule has 2 nitrogen and oxygen atoms in total. The first-order chi connectivity index (χ1) is 8.58. The summed E-state index contributed by atoms with van der Waals surface area (Å²) in [6.07, 6.45) is 3.33. The third-order valence-corrected chi connectivity index (χ3v) is 4.82. The second-order valence-corrected chi connectivity index (χ2v) is 7.14. The summed E-state index contributed by atoms with van der Waals surface area (Å²) in [7, 11) is 1.70. The van der Waals surface area contributed by atoms with E-state index in [0.29, 0.717) is 5.25 Å². The van der Waals surface area contributed by atoms with Gasteiger partial charge in [0.25, 0.3) is 0 Å². The number of halogens is 2. The van der Waals surface area contributed by atoms with E-state index in [1.807, 2.05) is 17.8 Å². The molecule has 102 valence electrons. The molecule has 0 heterocycles. The minimum atomic E-state index is 0.702. The Morgan fingerprint density at radius 1 is 1.39 bits per heavy atom. The third kappa shape index (κ3) is 5.11. The van der Waals surface area contributed by atoms with Crippen LogP contribution in [0.1, 0.15) is 18.9 Å². The lowest BCUT2D eigenvalue weighted by Gasteiger charge is -2.13. The highest BCUT2D eigenvalue weighted by Crippen LogP contribution is 2.32. The Balaban J connectivity index is 2.56. The fourth-order valence-electron chi connectivity index (χ4n) is 1.62. The lowest BCUT2D eigenvalue weighted by Crippen LogP contribution is -2.18. The SMILES string of the molecule is COc1c(Br)cc(Br)cc1CNCCC(C)SC. The first kappa shape index (κ1) is 16.3. The van der Waals surface area contributed by atoms with E-state index in [0.717, 1.165) is 33.3 Å². The molecule has 1 atom stereocenters. The number of rotatable bonds is 7. The van der Waals surface area contributed by atoms with E-state index in [1.165, 1.54) is 6.42 Å². The Morgan fingerprint density at radius 3 is 2.72 bits per heavy atom. The zero-order valence-electron chi connectivity index (χ0n) is 10.9. The topological polar surface area (TPSA) is 21.3 Å². The van der Waals surface area contributed by atoms with Crippen LogP contribution in [0.25, 0.3) is 0 Å². The zero-order valence-corrected chi connectivity index (χ0v) is 14.9. The highest BCUT2D eigenvalue weighted by Gasteiger charge is 2.09. The van der Waals surface area contributed by atoms with Gasteiger partial charge in [-0.25, -0.2) is 0 Å². The molecule has 0 radical (unpaired) electrons. The number of methoxy groups -OCH3 is 1. The molecular weight excluding hydrogens is 378 g/mol. The molecule has 1 aromatic carbocycles. The maximum absolute atomic E-state index is 5.42. The van der Waals surface area contributed by atoms with E-state index in [1.54, 1.807) is 7.11 Å². The van der Waals surface area contributed by atoms with Crippen LogP contribution in [0.5, 0.6) is 5.75 Å². The highest BCUT2D eigenvalue weighted by atomic mass is 79.9. The van der Waals surface area contributed by atoms with Gasteiger partial charge in [0, 0.05) is 21.8 Å².